The monoisotopic (exact) mass is 549 g/mol. The van der Waals surface area contributed by atoms with Crippen LogP contribution < -0.4 is 49.7 Å². The first-order chi connectivity index (χ1) is 18.2. The van der Waals surface area contributed by atoms with Crippen molar-refractivity contribution in [3.63, 3.8) is 0 Å². The van der Waals surface area contributed by atoms with Gasteiger partial charge in [0.1, 0.15) is 24.2 Å². The summed E-state index contributed by atoms with van der Waals surface area (Å²) in [6.07, 6.45) is 4.29. The first-order valence-corrected chi connectivity index (χ1v) is 13.2. The minimum Gasteiger partial charge on any atom is -0.394 e. The van der Waals surface area contributed by atoms with Crippen molar-refractivity contribution >= 4 is 23.6 Å². The fraction of sp³-hybridized carbons (Fsp3) is 0.826. The van der Waals surface area contributed by atoms with E-state index in [1.54, 1.807) is 0 Å². The van der Waals surface area contributed by atoms with Gasteiger partial charge in [-0.25, -0.2) is 0 Å². The molecule has 222 valence electrons. The van der Waals surface area contributed by atoms with Crippen LogP contribution in [0.1, 0.15) is 57.8 Å². The molecule has 38 heavy (non-hydrogen) atoms. The number of nitrogens with one attached hydrogen (secondary N) is 5. The van der Waals surface area contributed by atoms with Crippen LogP contribution in [0.15, 0.2) is 0 Å². The molecule has 0 spiro atoms. The highest BCUT2D eigenvalue weighted by atomic mass is 19.2. The van der Waals surface area contributed by atoms with Gasteiger partial charge in [-0.3, -0.25) is 19.2 Å². The number of aliphatic hydroxyl groups excluding tert-OH is 1. The van der Waals surface area contributed by atoms with Gasteiger partial charge in [-0.05, 0) is 77.4 Å². The van der Waals surface area contributed by atoms with Crippen LogP contribution in [0.25, 0.3) is 0 Å². The predicted molar refractivity (Wildman–Crippen MR) is 142 cm³/mol. The van der Waals surface area contributed by atoms with Crippen LogP contribution in [0.4, 0.5) is 4.48 Å². The Balaban J connectivity index is 5.59. The van der Waals surface area contributed by atoms with Gasteiger partial charge in [0.2, 0.25) is 23.6 Å². The van der Waals surface area contributed by atoms with Crippen LogP contribution in [0.2, 0.25) is 0 Å². The molecule has 4 atom stereocenters. The Kier molecular flexibility index (Phi) is 21.1. The number of aliphatic hydroxyl groups is 1. The van der Waals surface area contributed by atoms with Crippen molar-refractivity contribution in [3.05, 3.63) is 0 Å². The zero-order valence-corrected chi connectivity index (χ0v) is 22.2. The van der Waals surface area contributed by atoms with Crippen molar-refractivity contribution in [2.24, 2.45) is 22.9 Å². The lowest BCUT2D eigenvalue weighted by molar-refractivity contribution is -0.134. The number of nitrogens with two attached hydrogens (primary N) is 4. The van der Waals surface area contributed by atoms with Crippen LogP contribution in [0, 0.1) is 0 Å². The third-order valence-corrected chi connectivity index (χ3v) is 5.79. The second-order valence-corrected chi connectivity index (χ2v) is 9.00. The van der Waals surface area contributed by atoms with E-state index in [0.717, 1.165) is 0 Å². The van der Waals surface area contributed by atoms with Crippen LogP contribution in [-0.4, -0.2) is 92.2 Å². The van der Waals surface area contributed by atoms with Crippen molar-refractivity contribution in [1.29, 1.82) is 0 Å². The highest BCUT2D eigenvalue weighted by Gasteiger charge is 2.30. The summed E-state index contributed by atoms with van der Waals surface area (Å²) in [5.74, 6) is -2.37. The number of amides is 4. The Bertz CT molecular complexity index is 690. The second-order valence-electron chi connectivity index (χ2n) is 9.00. The molecule has 0 saturated carbocycles. The first kappa shape index (κ1) is 35.6. The van der Waals surface area contributed by atoms with Gasteiger partial charge in [0.25, 0.3) is 0 Å². The van der Waals surface area contributed by atoms with Crippen molar-refractivity contribution in [2.45, 2.75) is 82.0 Å². The summed E-state index contributed by atoms with van der Waals surface area (Å²) < 4.78 is 12.2. The lowest BCUT2D eigenvalue weighted by Gasteiger charge is -2.26. The topological polar surface area (TPSA) is 253 Å². The number of carbonyl (C=O) groups excluding carboxylic acids is 4. The van der Waals surface area contributed by atoms with E-state index in [1.165, 1.54) is 5.54 Å². The molecule has 0 aromatic rings. The first-order valence-electron chi connectivity index (χ1n) is 13.2. The summed E-state index contributed by atoms with van der Waals surface area (Å²) in [6.45, 7) is 0.550. The minimum atomic E-state index is -1.20. The van der Waals surface area contributed by atoms with Crippen LogP contribution in [0.3, 0.4) is 0 Å². The van der Waals surface area contributed by atoms with Gasteiger partial charge in [0.15, 0.2) is 0 Å². The summed E-state index contributed by atoms with van der Waals surface area (Å²) in [7, 11) is 0. The molecule has 0 bridgehead atoms. The molecule has 0 radical (unpaired) electrons. The van der Waals surface area contributed by atoms with Gasteiger partial charge in [0, 0.05) is 13.1 Å². The Morgan fingerprint density at radius 3 is 1.39 bits per heavy atom. The van der Waals surface area contributed by atoms with Gasteiger partial charge in [-0.2, -0.15) is 5.54 Å². The highest BCUT2D eigenvalue weighted by molar-refractivity contribution is 5.94. The molecule has 0 rings (SSSR count). The minimum absolute atomic E-state index is 0.0232. The lowest BCUT2D eigenvalue weighted by Crippen LogP contribution is -2.58. The standard InChI is InChI=1S/C23H48FN9O5/c24-30-14-13-29-21(36)17(7-1-4-10-25)32-23(38)19(9-3-6-12-27)33-22(37)18(8-2-5-11-26)31-20(35)16(28)15-34/h16-19,30,34H,1-15,25-28H2,(H,29,36)(H,31,35)(H,32,38)(H,33,37)/t16-,17-,18-,19-/m0/s1. The number of unbranched alkanes of at least 4 members (excludes halogenated alkanes) is 3. The van der Waals surface area contributed by atoms with Crippen LogP contribution in [-0.2, 0) is 19.2 Å². The molecule has 0 aromatic carbocycles. The number of carbonyl (C=O) groups is 4. The molecule has 0 saturated heterocycles. The Labute approximate surface area is 223 Å². The molecular formula is C23H48FN9O5. The highest BCUT2D eigenvalue weighted by Crippen LogP contribution is 2.08. The van der Waals surface area contributed by atoms with E-state index in [-0.39, 0.29) is 25.9 Å². The maximum atomic E-state index is 13.2. The molecule has 0 aliphatic heterocycles. The summed E-state index contributed by atoms with van der Waals surface area (Å²) >= 11 is 0. The molecule has 4 amide bonds. The fourth-order valence-corrected chi connectivity index (χ4v) is 3.55. The van der Waals surface area contributed by atoms with Gasteiger partial charge < -0.3 is 49.3 Å². The van der Waals surface area contributed by atoms with E-state index in [2.05, 4.69) is 21.3 Å². The molecule has 0 heterocycles. The van der Waals surface area contributed by atoms with Crippen LogP contribution in [0.5, 0.6) is 0 Å². The van der Waals surface area contributed by atoms with Gasteiger partial charge in [-0.1, -0.05) is 0 Å². The third-order valence-electron chi connectivity index (χ3n) is 5.79. The van der Waals surface area contributed by atoms with E-state index in [9.17, 15) is 23.7 Å². The maximum Gasteiger partial charge on any atom is 0.243 e. The average Bonchev–Trinajstić information content (AvgIpc) is 2.90. The Morgan fingerprint density at radius 2 is 1.03 bits per heavy atom. The maximum absolute atomic E-state index is 13.2. The van der Waals surface area contributed by atoms with E-state index in [1.807, 2.05) is 0 Å². The number of hydrogen-bond acceptors (Lipinski definition) is 10. The number of rotatable bonds is 23. The molecule has 14 nitrogen and oxygen atoms in total. The quantitative estimate of drug-likeness (QED) is 0.0449. The van der Waals surface area contributed by atoms with E-state index >= 15 is 0 Å². The lowest BCUT2D eigenvalue weighted by atomic mass is 10.0. The van der Waals surface area contributed by atoms with Crippen molar-refractivity contribution < 1.29 is 28.8 Å². The smallest absolute Gasteiger partial charge is 0.243 e. The fourth-order valence-electron chi connectivity index (χ4n) is 3.55. The molecule has 0 aliphatic carbocycles. The number of halogens is 1. The zero-order chi connectivity index (χ0) is 28.8. The van der Waals surface area contributed by atoms with Gasteiger partial charge in [-0.15, -0.1) is 4.48 Å². The molecule has 15 heteroatoms. The summed E-state index contributed by atoms with van der Waals surface area (Å²) in [6, 6.07) is -4.13. The Morgan fingerprint density at radius 1 is 0.632 bits per heavy atom. The second kappa shape index (κ2) is 22.5. The summed E-state index contributed by atoms with van der Waals surface area (Å²) in [5, 5.41) is 19.6. The number of hydrogen-bond donors (Lipinski definition) is 10. The summed E-state index contributed by atoms with van der Waals surface area (Å²) in [4.78, 5) is 51.2. The average molecular weight is 550 g/mol. The molecule has 0 fully saturated rings. The normalized spacial score (nSPS) is 14.2. The zero-order valence-electron chi connectivity index (χ0n) is 22.2. The van der Waals surface area contributed by atoms with Gasteiger partial charge in [0.05, 0.1) is 6.61 Å². The van der Waals surface area contributed by atoms with E-state index in [0.29, 0.717) is 64.6 Å². The van der Waals surface area contributed by atoms with Crippen molar-refractivity contribution in [2.75, 3.05) is 39.3 Å². The SMILES string of the molecule is NCCCC[C@H](NC(=O)[C@H](CCCCN)NC(=O)[C@H](CCCCN)NC(=O)[C@@H](N)CO)C(=O)NCCNF. The third kappa shape index (κ3) is 15.7. The van der Waals surface area contributed by atoms with E-state index in [4.69, 9.17) is 28.0 Å². The van der Waals surface area contributed by atoms with Crippen molar-refractivity contribution in [3.8, 4) is 0 Å². The van der Waals surface area contributed by atoms with Crippen LogP contribution >= 0.6 is 0 Å². The predicted octanol–water partition coefficient (Wildman–Crippen LogP) is -3.26. The molecule has 14 N–H and O–H groups in total. The van der Waals surface area contributed by atoms with Gasteiger partial charge >= 0.3 is 0 Å². The molecule has 0 aliphatic rings. The molecule has 0 unspecified atom stereocenters. The van der Waals surface area contributed by atoms with E-state index < -0.39 is 54.4 Å². The largest absolute Gasteiger partial charge is 0.394 e. The van der Waals surface area contributed by atoms with Crippen molar-refractivity contribution in [1.82, 2.24) is 26.8 Å². The molecule has 0 aromatic heterocycles. The Hall–Kier alpha value is -2.43. The summed E-state index contributed by atoms with van der Waals surface area (Å²) in [5.41, 5.74) is 23.7. The molecular weight excluding hydrogens is 501 g/mol.